The molecule has 4 heteroatoms. The molecule has 27 heavy (non-hydrogen) atoms. The van der Waals surface area contributed by atoms with Crippen molar-refractivity contribution in [3.8, 4) is 0 Å². The van der Waals surface area contributed by atoms with Crippen LogP contribution in [0, 0.1) is 34.0 Å². The van der Waals surface area contributed by atoms with E-state index in [1.54, 1.807) is 0 Å². The molecule has 0 amide bonds. The van der Waals surface area contributed by atoms with Gasteiger partial charge in [-0.2, -0.15) is 0 Å². The van der Waals surface area contributed by atoms with Crippen molar-refractivity contribution in [1.29, 1.82) is 0 Å². The number of methoxy groups -OCH3 is 1. The molecule has 0 radical (unpaired) electrons. The Kier molecular flexibility index (Phi) is 4.29. The maximum atomic E-state index is 12.8. The van der Waals surface area contributed by atoms with Gasteiger partial charge in [0.1, 0.15) is 6.10 Å². The summed E-state index contributed by atoms with van der Waals surface area (Å²) in [6.45, 7) is 8.28. The first-order chi connectivity index (χ1) is 12.7. The summed E-state index contributed by atoms with van der Waals surface area (Å²) in [5, 5.41) is 0. The SMILES string of the molecule is COC(=O)[C@]1(C)CCC[C@@]2(C)[C@@H]3C[C@H](OC(C)=O)[C@@H]4C[C@]3(C=C4C)CC[C@@H]21. The average Bonchev–Trinajstić information content (AvgIpc) is 2.87. The summed E-state index contributed by atoms with van der Waals surface area (Å²) in [4.78, 5) is 24.5. The fourth-order valence-corrected chi connectivity index (χ4v) is 7.98. The third kappa shape index (κ3) is 2.54. The first kappa shape index (κ1) is 19.0. The lowest BCUT2D eigenvalue weighted by Crippen LogP contribution is -2.59. The smallest absolute Gasteiger partial charge is 0.311 e. The van der Waals surface area contributed by atoms with Crippen molar-refractivity contribution in [2.24, 2.45) is 34.0 Å². The summed E-state index contributed by atoms with van der Waals surface area (Å²) >= 11 is 0. The van der Waals surface area contributed by atoms with Crippen LogP contribution in [0.4, 0.5) is 0 Å². The zero-order valence-corrected chi connectivity index (χ0v) is 17.5. The molecule has 0 aliphatic heterocycles. The summed E-state index contributed by atoms with van der Waals surface area (Å²) in [7, 11) is 1.52. The summed E-state index contributed by atoms with van der Waals surface area (Å²) in [5.41, 5.74) is 1.32. The summed E-state index contributed by atoms with van der Waals surface area (Å²) in [5.74, 6) is 0.961. The lowest BCUT2D eigenvalue weighted by Gasteiger charge is -2.63. The quantitative estimate of drug-likeness (QED) is 0.521. The molecule has 0 aromatic heterocycles. The van der Waals surface area contributed by atoms with Crippen LogP contribution in [-0.4, -0.2) is 25.2 Å². The standard InChI is InChI=1S/C23H34O4/c1-14-12-23-10-7-18-21(3,8-6-9-22(18,4)20(25)26-5)19(23)11-17(16(14)13-23)27-15(2)24/h12,16-19H,6-11,13H2,1-5H3/t16-,17+,18+,19+,21-,22-,23-/m1/s1. The second-order valence-corrected chi connectivity index (χ2v) is 10.2. The van der Waals surface area contributed by atoms with Crippen LogP contribution < -0.4 is 0 Å². The van der Waals surface area contributed by atoms with Gasteiger partial charge in [-0.15, -0.1) is 0 Å². The van der Waals surface area contributed by atoms with Gasteiger partial charge in [0.05, 0.1) is 12.5 Å². The number of carbonyl (C=O) groups excluding carboxylic acids is 2. The van der Waals surface area contributed by atoms with Crippen LogP contribution in [0.3, 0.4) is 0 Å². The van der Waals surface area contributed by atoms with Gasteiger partial charge >= 0.3 is 11.9 Å². The Labute approximate surface area is 163 Å². The number of carbonyl (C=O) groups is 2. The Bertz CT molecular complexity index is 696. The van der Waals surface area contributed by atoms with Crippen molar-refractivity contribution >= 4 is 11.9 Å². The predicted octanol–water partition coefficient (Wildman–Crippen LogP) is 4.67. The maximum Gasteiger partial charge on any atom is 0.311 e. The Morgan fingerprint density at radius 3 is 2.56 bits per heavy atom. The predicted molar refractivity (Wildman–Crippen MR) is 103 cm³/mol. The molecule has 3 saturated carbocycles. The highest BCUT2D eigenvalue weighted by atomic mass is 16.5. The summed E-state index contributed by atoms with van der Waals surface area (Å²) < 4.78 is 11.1. The van der Waals surface area contributed by atoms with Crippen LogP contribution in [0.15, 0.2) is 11.6 Å². The van der Waals surface area contributed by atoms with Gasteiger partial charge in [-0.25, -0.2) is 0 Å². The molecular weight excluding hydrogens is 340 g/mol. The van der Waals surface area contributed by atoms with Gasteiger partial charge in [0.15, 0.2) is 0 Å². The topological polar surface area (TPSA) is 52.6 Å². The molecule has 0 aromatic carbocycles. The maximum absolute atomic E-state index is 12.8. The fraction of sp³-hybridized carbons (Fsp3) is 0.826. The lowest BCUT2D eigenvalue weighted by atomic mass is 9.40. The Balaban J connectivity index is 1.74. The first-order valence-electron chi connectivity index (χ1n) is 10.6. The fourth-order valence-electron chi connectivity index (χ4n) is 7.98. The zero-order chi connectivity index (χ0) is 19.6. The average molecular weight is 375 g/mol. The molecular formula is C23H34O4. The van der Waals surface area contributed by atoms with Crippen LogP contribution >= 0.6 is 0 Å². The molecule has 4 rings (SSSR count). The van der Waals surface area contributed by atoms with E-state index in [0.29, 0.717) is 17.8 Å². The van der Waals surface area contributed by atoms with Crippen molar-refractivity contribution in [2.45, 2.75) is 78.7 Å². The summed E-state index contributed by atoms with van der Waals surface area (Å²) in [6, 6.07) is 0. The van der Waals surface area contributed by atoms with Crippen LogP contribution in [0.2, 0.25) is 0 Å². The van der Waals surface area contributed by atoms with Crippen molar-refractivity contribution < 1.29 is 19.1 Å². The minimum Gasteiger partial charge on any atom is -0.469 e. The molecule has 4 aliphatic rings. The normalized spacial score (nSPS) is 48.1. The van der Waals surface area contributed by atoms with Crippen LogP contribution in [0.1, 0.15) is 72.6 Å². The molecule has 3 fully saturated rings. The largest absolute Gasteiger partial charge is 0.469 e. The highest BCUT2D eigenvalue weighted by Gasteiger charge is 2.66. The number of ether oxygens (including phenoxy) is 2. The van der Waals surface area contributed by atoms with Crippen LogP contribution in [-0.2, 0) is 19.1 Å². The highest BCUT2D eigenvalue weighted by molar-refractivity contribution is 5.77. The van der Waals surface area contributed by atoms with Crippen LogP contribution in [0.5, 0.6) is 0 Å². The molecule has 4 nitrogen and oxygen atoms in total. The van der Waals surface area contributed by atoms with E-state index in [4.69, 9.17) is 9.47 Å². The molecule has 0 unspecified atom stereocenters. The van der Waals surface area contributed by atoms with E-state index in [-0.39, 0.29) is 28.9 Å². The van der Waals surface area contributed by atoms with E-state index in [1.165, 1.54) is 19.6 Å². The molecule has 0 saturated heterocycles. The zero-order valence-electron chi connectivity index (χ0n) is 17.5. The lowest BCUT2D eigenvalue weighted by molar-refractivity contribution is -0.189. The molecule has 1 spiro atoms. The van der Waals surface area contributed by atoms with Gasteiger partial charge in [0.2, 0.25) is 0 Å². The third-order valence-corrected chi connectivity index (χ3v) is 8.95. The number of hydrogen-bond donors (Lipinski definition) is 0. The van der Waals surface area contributed by atoms with E-state index in [0.717, 1.165) is 44.9 Å². The van der Waals surface area contributed by atoms with Gasteiger partial charge in [-0.1, -0.05) is 25.0 Å². The molecule has 7 atom stereocenters. The molecule has 4 aliphatic carbocycles. The van der Waals surface area contributed by atoms with E-state index in [2.05, 4.69) is 26.8 Å². The monoisotopic (exact) mass is 374 g/mol. The molecule has 150 valence electrons. The van der Waals surface area contributed by atoms with E-state index >= 15 is 0 Å². The molecule has 0 aromatic rings. The first-order valence-corrected chi connectivity index (χ1v) is 10.6. The van der Waals surface area contributed by atoms with Gasteiger partial charge in [0, 0.05) is 12.8 Å². The highest BCUT2D eigenvalue weighted by Crippen LogP contribution is 2.71. The van der Waals surface area contributed by atoms with Crippen molar-refractivity contribution in [3.63, 3.8) is 0 Å². The van der Waals surface area contributed by atoms with Crippen LogP contribution in [0.25, 0.3) is 0 Å². The van der Waals surface area contributed by atoms with E-state index < -0.39 is 5.41 Å². The number of hydrogen-bond acceptors (Lipinski definition) is 4. The minimum atomic E-state index is -0.394. The molecule has 2 bridgehead atoms. The van der Waals surface area contributed by atoms with Crippen molar-refractivity contribution in [1.82, 2.24) is 0 Å². The van der Waals surface area contributed by atoms with Crippen molar-refractivity contribution in [3.05, 3.63) is 11.6 Å². The Morgan fingerprint density at radius 2 is 1.89 bits per heavy atom. The third-order valence-electron chi connectivity index (χ3n) is 8.95. The Morgan fingerprint density at radius 1 is 1.15 bits per heavy atom. The number of rotatable bonds is 2. The molecule has 0 N–H and O–H groups in total. The molecule has 0 heterocycles. The van der Waals surface area contributed by atoms with Gasteiger partial charge in [-0.3, -0.25) is 9.59 Å². The number of fused-ring (bicyclic) bond motifs is 3. The summed E-state index contributed by atoms with van der Waals surface area (Å²) in [6.07, 6.45) is 9.93. The van der Waals surface area contributed by atoms with Gasteiger partial charge < -0.3 is 9.47 Å². The minimum absolute atomic E-state index is 0.0127. The second-order valence-electron chi connectivity index (χ2n) is 10.2. The van der Waals surface area contributed by atoms with Gasteiger partial charge in [0.25, 0.3) is 0 Å². The Hall–Kier alpha value is -1.32. The van der Waals surface area contributed by atoms with E-state index in [1.807, 2.05) is 0 Å². The van der Waals surface area contributed by atoms with E-state index in [9.17, 15) is 9.59 Å². The van der Waals surface area contributed by atoms with Gasteiger partial charge in [-0.05, 0) is 75.0 Å². The number of esters is 2. The number of allylic oxidation sites excluding steroid dienone is 1. The second kappa shape index (κ2) is 6.09. The van der Waals surface area contributed by atoms with Crippen molar-refractivity contribution in [2.75, 3.05) is 7.11 Å².